The Balaban J connectivity index is 1.62. The number of hydrogen-bond donors (Lipinski definition) is 0. The van der Waals surface area contributed by atoms with Crippen LogP contribution >= 0.6 is 0 Å². The topological polar surface area (TPSA) is 65.7 Å². The van der Waals surface area contributed by atoms with Crippen molar-refractivity contribution in [3.05, 3.63) is 94.3 Å². The molecule has 0 saturated heterocycles. The monoisotopic (exact) mass is 400 g/mol. The Hall–Kier alpha value is -3.86. The summed E-state index contributed by atoms with van der Waals surface area (Å²) in [6.07, 6.45) is 0. The molecule has 0 aliphatic carbocycles. The third kappa shape index (κ3) is 3.82. The average molecular weight is 400 g/mol. The maximum Gasteiger partial charge on any atom is 0.344 e. The van der Waals surface area contributed by atoms with E-state index in [1.165, 1.54) is 0 Å². The molecule has 0 saturated carbocycles. The van der Waals surface area contributed by atoms with Gasteiger partial charge in [0.15, 0.2) is 12.4 Å². The molecule has 4 rings (SSSR count). The second-order valence-electron chi connectivity index (χ2n) is 6.85. The van der Waals surface area contributed by atoms with E-state index in [0.29, 0.717) is 28.2 Å². The van der Waals surface area contributed by atoms with E-state index in [1.54, 1.807) is 55.6 Å². The first kappa shape index (κ1) is 19.5. The number of ether oxygens (including phenoxy) is 2. The average Bonchev–Trinajstić information content (AvgIpc) is 2.78. The molecular formula is C25H20O5. The SMILES string of the molecule is COc1ccc(-c2c(C)c3ccc(OCC(=O)c4ccccc4)cc3oc2=O)cc1. The molecule has 0 spiro atoms. The Morgan fingerprint density at radius 1 is 0.933 bits per heavy atom. The molecule has 0 aliphatic heterocycles. The van der Waals surface area contributed by atoms with Gasteiger partial charge in [-0.1, -0.05) is 42.5 Å². The van der Waals surface area contributed by atoms with Crippen LogP contribution in [0.2, 0.25) is 0 Å². The summed E-state index contributed by atoms with van der Waals surface area (Å²) < 4.78 is 16.4. The Morgan fingerprint density at radius 2 is 1.63 bits per heavy atom. The van der Waals surface area contributed by atoms with Crippen LogP contribution in [0.5, 0.6) is 11.5 Å². The smallest absolute Gasteiger partial charge is 0.344 e. The van der Waals surface area contributed by atoms with E-state index in [-0.39, 0.29) is 12.4 Å². The molecular weight excluding hydrogens is 380 g/mol. The van der Waals surface area contributed by atoms with Gasteiger partial charge in [0.1, 0.15) is 17.1 Å². The van der Waals surface area contributed by atoms with Crippen molar-refractivity contribution >= 4 is 16.8 Å². The number of benzene rings is 3. The summed E-state index contributed by atoms with van der Waals surface area (Å²) in [6, 6.07) is 21.5. The van der Waals surface area contributed by atoms with Gasteiger partial charge in [0.2, 0.25) is 0 Å². The summed E-state index contributed by atoms with van der Waals surface area (Å²) in [4.78, 5) is 24.9. The zero-order valence-corrected chi connectivity index (χ0v) is 16.7. The standard InChI is InChI=1S/C25H20O5/c1-16-21-13-12-20(29-15-22(26)17-6-4-3-5-7-17)14-23(21)30-25(27)24(16)18-8-10-19(28-2)11-9-18/h3-14H,15H2,1-2H3. The number of aryl methyl sites for hydroxylation is 1. The molecule has 0 atom stereocenters. The summed E-state index contributed by atoms with van der Waals surface area (Å²) in [7, 11) is 1.59. The van der Waals surface area contributed by atoms with E-state index in [9.17, 15) is 9.59 Å². The van der Waals surface area contributed by atoms with Gasteiger partial charge >= 0.3 is 5.63 Å². The van der Waals surface area contributed by atoms with Crippen molar-refractivity contribution in [2.45, 2.75) is 6.92 Å². The fourth-order valence-corrected chi connectivity index (χ4v) is 3.37. The molecule has 0 fully saturated rings. The fraction of sp³-hybridized carbons (Fsp3) is 0.120. The van der Waals surface area contributed by atoms with Crippen molar-refractivity contribution in [1.82, 2.24) is 0 Å². The van der Waals surface area contributed by atoms with Gasteiger partial charge in [-0.15, -0.1) is 0 Å². The highest BCUT2D eigenvalue weighted by Crippen LogP contribution is 2.29. The van der Waals surface area contributed by atoms with E-state index >= 15 is 0 Å². The highest BCUT2D eigenvalue weighted by molar-refractivity contribution is 5.97. The van der Waals surface area contributed by atoms with Gasteiger partial charge < -0.3 is 13.9 Å². The maximum atomic E-state index is 12.7. The zero-order valence-electron chi connectivity index (χ0n) is 16.7. The predicted octanol–water partition coefficient (Wildman–Crippen LogP) is 5.04. The van der Waals surface area contributed by atoms with Crippen molar-refractivity contribution in [3.8, 4) is 22.6 Å². The minimum absolute atomic E-state index is 0.0946. The number of carbonyl (C=O) groups excluding carboxylic acids is 1. The van der Waals surface area contributed by atoms with Crippen molar-refractivity contribution in [1.29, 1.82) is 0 Å². The second-order valence-corrected chi connectivity index (χ2v) is 6.85. The van der Waals surface area contributed by atoms with Crippen LogP contribution in [0.3, 0.4) is 0 Å². The van der Waals surface area contributed by atoms with E-state index in [1.807, 2.05) is 31.2 Å². The van der Waals surface area contributed by atoms with E-state index in [0.717, 1.165) is 16.5 Å². The Kier molecular flexibility index (Phi) is 5.35. The molecule has 0 bridgehead atoms. The second kappa shape index (κ2) is 8.25. The van der Waals surface area contributed by atoms with Crippen LogP contribution in [-0.2, 0) is 0 Å². The quantitative estimate of drug-likeness (QED) is 0.335. The van der Waals surface area contributed by atoms with Crippen molar-refractivity contribution in [2.75, 3.05) is 13.7 Å². The first-order valence-electron chi connectivity index (χ1n) is 9.50. The first-order valence-corrected chi connectivity index (χ1v) is 9.50. The van der Waals surface area contributed by atoms with Gasteiger partial charge in [0.25, 0.3) is 0 Å². The number of ketones is 1. The fourth-order valence-electron chi connectivity index (χ4n) is 3.37. The van der Waals surface area contributed by atoms with Gasteiger partial charge in [-0.05, 0) is 42.3 Å². The van der Waals surface area contributed by atoms with Crippen LogP contribution in [-0.4, -0.2) is 19.5 Å². The molecule has 0 N–H and O–H groups in total. The lowest BCUT2D eigenvalue weighted by molar-refractivity contribution is 0.0921. The summed E-state index contributed by atoms with van der Waals surface area (Å²) in [5.41, 5.74) is 2.67. The predicted molar refractivity (Wildman–Crippen MR) is 115 cm³/mol. The van der Waals surface area contributed by atoms with Crippen LogP contribution in [0.15, 0.2) is 82.0 Å². The largest absolute Gasteiger partial charge is 0.497 e. The molecule has 0 radical (unpaired) electrons. The van der Waals surface area contributed by atoms with Crippen LogP contribution in [0.4, 0.5) is 0 Å². The third-order valence-electron chi connectivity index (χ3n) is 4.98. The molecule has 4 aromatic rings. The normalized spacial score (nSPS) is 10.7. The van der Waals surface area contributed by atoms with Crippen LogP contribution < -0.4 is 15.1 Å². The highest BCUT2D eigenvalue weighted by atomic mass is 16.5. The zero-order chi connectivity index (χ0) is 21.1. The summed E-state index contributed by atoms with van der Waals surface area (Å²) in [5.74, 6) is 1.06. The number of hydrogen-bond acceptors (Lipinski definition) is 5. The first-order chi connectivity index (χ1) is 14.6. The van der Waals surface area contributed by atoms with Crippen molar-refractivity contribution in [3.63, 3.8) is 0 Å². The van der Waals surface area contributed by atoms with E-state index < -0.39 is 5.63 Å². The molecule has 30 heavy (non-hydrogen) atoms. The number of methoxy groups -OCH3 is 1. The molecule has 1 heterocycles. The van der Waals surface area contributed by atoms with Gasteiger partial charge in [0, 0.05) is 17.0 Å². The number of rotatable bonds is 6. The third-order valence-corrected chi connectivity index (χ3v) is 4.98. The molecule has 5 heteroatoms. The number of carbonyl (C=O) groups is 1. The minimum atomic E-state index is -0.428. The Morgan fingerprint density at radius 3 is 2.33 bits per heavy atom. The summed E-state index contributed by atoms with van der Waals surface area (Å²) in [6.45, 7) is 1.79. The molecule has 150 valence electrons. The molecule has 0 unspecified atom stereocenters. The van der Waals surface area contributed by atoms with Crippen molar-refractivity contribution < 1.29 is 18.7 Å². The van der Waals surface area contributed by atoms with E-state index in [2.05, 4.69) is 0 Å². The van der Waals surface area contributed by atoms with Crippen molar-refractivity contribution in [2.24, 2.45) is 0 Å². The molecule has 0 aliphatic rings. The lowest BCUT2D eigenvalue weighted by atomic mass is 9.99. The lowest BCUT2D eigenvalue weighted by Crippen LogP contribution is -2.11. The Labute approximate surface area is 173 Å². The number of Topliss-reactive ketones (excluding diaryl/α,β-unsaturated/α-hetero) is 1. The molecule has 1 aromatic heterocycles. The molecule has 5 nitrogen and oxygen atoms in total. The van der Waals surface area contributed by atoms with Crippen LogP contribution in [0, 0.1) is 6.92 Å². The number of fused-ring (bicyclic) bond motifs is 1. The summed E-state index contributed by atoms with van der Waals surface area (Å²) >= 11 is 0. The highest BCUT2D eigenvalue weighted by Gasteiger charge is 2.14. The van der Waals surface area contributed by atoms with Crippen LogP contribution in [0.1, 0.15) is 15.9 Å². The van der Waals surface area contributed by atoms with Crippen LogP contribution in [0.25, 0.3) is 22.1 Å². The van der Waals surface area contributed by atoms with Gasteiger partial charge in [-0.25, -0.2) is 4.79 Å². The van der Waals surface area contributed by atoms with E-state index in [4.69, 9.17) is 13.9 Å². The van der Waals surface area contributed by atoms with Gasteiger partial charge in [-0.2, -0.15) is 0 Å². The summed E-state index contributed by atoms with van der Waals surface area (Å²) in [5, 5.41) is 0.808. The minimum Gasteiger partial charge on any atom is -0.497 e. The molecule has 3 aromatic carbocycles. The maximum absolute atomic E-state index is 12.7. The van der Waals surface area contributed by atoms with Gasteiger partial charge in [0.05, 0.1) is 12.7 Å². The van der Waals surface area contributed by atoms with Gasteiger partial charge in [-0.3, -0.25) is 4.79 Å². The lowest BCUT2D eigenvalue weighted by Gasteiger charge is -2.10. The molecule has 0 amide bonds. The Bertz CT molecular complexity index is 1250.